The molecule has 4 N–H and O–H groups in total. The maximum Gasteiger partial charge on any atom is 0.747 e. The number of aromatic hydroxyl groups is 2. The molecule has 0 aliphatic rings. The van der Waals surface area contributed by atoms with Gasteiger partial charge in [0.25, 0.3) is 6.85 Å². The Balaban J connectivity index is 0.000000230. The Morgan fingerprint density at radius 3 is 0.620 bits per heavy atom. The van der Waals surface area contributed by atoms with Crippen LogP contribution in [-0.4, -0.2) is 20.0 Å². The van der Waals surface area contributed by atoms with Crippen LogP contribution in [0, 0.1) is 194 Å². The highest BCUT2D eigenvalue weighted by Gasteiger charge is 2.35. The van der Waals surface area contributed by atoms with Crippen LogP contribution in [0.3, 0.4) is 0 Å². The number of aryl methyl sites for hydroxylation is 24. The summed E-state index contributed by atoms with van der Waals surface area (Å²) in [5.74, 6) is 9.51. The molecule has 17 nitrogen and oxygen atoms in total. The second-order valence-electron chi connectivity index (χ2n) is 40.2. The fraction of sp³-hybridized carbons (Fsp3) is 0.323. The molecule has 0 saturated heterocycles. The van der Waals surface area contributed by atoms with Gasteiger partial charge in [-0.05, 0) is 434 Å². The van der Waals surface area contributed by atoms with Crippen LogP contribution < -0.4 is 54.3 Å². The van der Waals surface area contributed by atoms with Crippen molar-refractivity contribution in [3.05, 3.63) is 384 Å². The molecule has 150 heavy (non-hydrogen) atoms. The fourth-order valence-corrected chi connectivity index (χ4v) is 22.5. The SMILES string of the molecule is Cc1cc(C(C)C)c(O)c(-c2c(C)c(C)cc(C(C)C)c2O)c1C.Cc1ccc(OP(Cl)Cl)c(C)c1.Cc1ccc(OP(Cl)Oc2ccc(C)cc2C)c(C)c1.Cc1ccc(OP(O)Oc2ccc(C)cc2C)c(C)c1.Cc1ccc(OP(Oc2ccc(C)cc2C)Oc2c(C(C)C)cc(C)c(C)c2-c2c(C)c(C)cc(C(C)C)c2OP(Oc2ccc(C)cc2C)Oc2ccc(C)cc2C)c(C)c1.Cc1ccc(O[P+](=O)O)c(C)c1. The second-order valence-corrected chi connectivity index (χ2v) is 48.3. The van der Waals surface area contributed by atoms with Crippen molar-refractivity contribution in [2.24, 2.45) is 0 Å². The lowest BCUT2D eigenvalue weighted by Crippen LogP contribution is -2.11. The number of phenolic OH excluding ortho intramolecular Hbond substituents is 2. The molecule has 0 radical (unpaired) electrons. The van der Waals surface area contributed by atoms with Crippen molar-refractivity contribution in [3.8, 4) is 103 Å². The Morgan fingerprint density at radius 1 is 0.233 bits per heavy atom. The van der Waals surface area contributed by atoms with Crippen LogP contribution in [0.4, 0.5) is 0 Å². The Labute approximate surface area is 914 Å². The lowest BCUT2D eigenvalue weighted by Gasteiger charge is -2.29. The topological polar surface area (TPSA) is 209 Å². The smallest absolute Gasteiger partial charge is 0.507 e. The molecule has 26 heteroatoms. The Bertz CT molecular complexity index is 6510. The second kappa shape index (κ2) is 56.3. The van der Waals surface area contributed by atoms with Crippen LogP contribution in [0.2, 0.25) is 0 Å². The number of hydrogen-bond acceptors (Lipinski definition) is 16. The molecule has 14 aromatic carbocycles. The summed E-state index contributed by atoms with van der Waals surface area (Å²) in [6, 6.07) is 68.2. The third-order valence-corrected chi connectivity index (χ3v) is 30.7. The molecule has 1 unspecified atom stereocenters. The van der Waals surface area contributed by atoms with E-state index in [2.05, 4.69) is 242 Å². The zero-order chi connectivity index (χ0) is 111. The molecule has 0 aromatic heterocycles. The van der Waals surface area contributed by atoms with Gasteiger partial charge in [-0.1, -0.05) is 257 Å². The minimum atomic E-state index is -2.55. The highest BCUT2D eigenvalue weighted by atomic mass is 35.9. The summed E-state index contributed by atoms with van der Waals surface area (Å²) in [7, 11) is -10.1. The third kappa shape index (κ3) is 34.7. The first-order chi connectivity index (χ1) is 70.5. The van der Waals surface area contributed by atoms with Crippen LogP contribution in [0.25, 0.3) is 22.3 Å². The third-order valence-electron chi connectivity index (χ3n) is 25.7. The van der Waals surface area contributed by atoms with Crippen molar-refractivity contribution in [2.75, 3.05) is 0 Å². The lowest BCUT2D eigenvalue weighted by molar-refractivity contribution is 0.379. The summed E-state index contributed by atoms with van der Waals surface area (Å²) in [5, 5.41) is 22.0. The van der Waals surface area contributed by atoms with Gasteiger partial charge in [-0.2, -0.15) is 0 Å². The van der Waals surface area contributed by atoms with E-state index in [0.717, 1.165) is 201 Å². The normalized spacial score (nSPS) is 11.2. The molecule has 0 spiro atoms. The van der Waals surface area contributed by atoms with Gasteiger partial charge in [-0.3, -0.25) is 0 Å². The predicted molar refractivity (Wildman–Crippen MR) is 632 cm³/mol. The molecule has 1 atom stereocenters. The lowest BCUT2D eigenvalue weighted by atomic mass is 9.84. The minimum absolute atomic E-state index is 0.0963. The van der Waals surface area contributed by atoms with Crippen molar-refractivity contribution < 1.29 is 78.8 Å². The van der Waals surface area contributed by atoms with E-state index in [9.17, 15) is 19.7 Å². The first-order valence-corrected chi connectivity index (χ1v) is 59.7. The van der Waals surface area contributed by atoms with Crippen LogP contribution in [0.1, 0.15) is 257 Å². The number of hydrogen-bond donors (Lipinski definition) is 4. The van der Waals surface area contributed by atoms with Crippen LogP contribution >= 0.6 is 82.4 Å². The average Bonchev–Trinajstić information content (AvgIpc) is 0.729. The summed E-state index contributed by atoms with van der Waals surface area (Å²) in [6.45, 7) is 73.0. The standard InChI is InChI=1S/C54H64O6P2.C22H30O2.C16H18ClO2P.C16H19O3P.C8H9Cl2OP.C8H9O3P/c1-31(2)45-29-37(9)43(15)51(53(45)59-61(55-47-21-17-33(5)25-39(47)11)56-48-22-18-34(6)26-40(48)12)52-44(16)38(10)30-46(32(3)4)54(52)60-62(57-49-23-19-35(7)27-41(49)13)58-50-24-20-36(8)28-42(50)14;1-11(2)17-9-13(5)15(7)19(21(17)23)20-16(8)14(6)10-18(12(3)4)22(20)24;2*1-11-5-7-15(13(3)9-11)18-20(17)19-16-8-6-12(2)10-14(16)4;2*1-6-3-4-8(7(2)5-6)11-12(9)10/h17-32H,1-16H3;9-12,23-24H,1-8H3;5-10H,1-4H3;5-10,17H,1-4H3;2*3-5H,1-2H3/p+1. The summed E-state index contributed by atoms with van der Waals surface area (Å²) in [6.07, 6.45) is 0. The average molecular weight is 2200 g/mol. The van der Waals surface area contributed by atoms with Crippen LogP contribution in [-0.2, 0) is 4.57 Å². The van der Waals surface area contributed by atoms with Crippen LogP contribution in [0.5, 0.6) is 80.5 Å². The van der Waals surface area contributed by atoms with Crippen molar-refractivity contribution in [1.29, 1.82) is 0 Å². The van der Waals surface area contributed by atoms with Gasteiger partial charge in [0.05, 0.1) is 0 Å². The summed E-state index contributed by atoms with van der Waals surface area (Å²) in [4.78, 5) is 18.5. The van der Waals surface area contributed by atoms with Crippen molar-refractivity contribution in [1.82, 2.24) is 0 Å². The van der Waals surface area contributed by atoms with Crippen molar-refractivity contribution in [3.63, 3.8) is 0 Å². The Hall–Kier alpha value is -10.7. The van der Waals surface area contributed by atoms with Crippen molar-refractivity contribution in [2.45, 2.75) is 273 Å². The first-order valence-electron chi connectivity index (χ1n) is 50.1. The molecule has 14 aromatic rings. The molecule has 0 bridgehead atoms. The molecule has 0 aliphatic heterocycles. The molecule has 0 aliphatic carbocycles. The van der Waals surface area contributed by atoms with Gasteiger partial charge in [0.15, 0.2) is 5.75 Å². The number of halogens is 3. The predicted octanol–water partition coefficient (Wildman–Crippen LogP) is 40.2. The van der Waals surface area contributed by atoms with Crippen molar-refractivity contribution >= 4 is 82.4 Å². The molecule has 0 fully saturated rings. The molecular formula is C124H150Cl3O17P6+. The Kier molecular flexibility index (Phi) is 46.1. The van der Waals surface area contributed by atoms with E-state index < -0.39 is 48.6 Å². The fourth-order valence-electron chi connectivity index (χ4n) is 17.0. The first kappa shape index (κ1) is 123. The number of phenols is 2. The highest BCUT2D eigenvalue weighted by molar-refractivity contribution is 8.00. The number of benzene rings is 14. The zero-order valence-electron chi connectivity index (χ0n) is 93.9. The summed E-state index contributed by atoms with van der Waals surface area (Å²) < 4.78 is 84.5. The Morgan fingerprint density at radius 2 is 0.420 bits per heavy atom. The van der Waals surface area contributed by atoms with Gasteiger partial charge < -0.3 is 64.9 Å². The van der Waals surface area contributed by atoms with E-state index in [0.29, 0.717) is 63.2 Å². The maximum absolute atomic E-state index is 11.0. The summed E-state index contributed by atoms with van der Waals surface area (Å²) in [5.41, 5.74) is 37.8. The molecule has 0 heterocycles. The van der Waals surface area contributed by atoms with Gasteiger partial charge in [-0.25, -0.2) is 4.52 Å². The van der Waals surface area contributed by atoms with Gasteiger partial charge in [0, 0.05) is 26.8 Å². The minimum Gasteiger partial charge on any atom is -0.507 e. The molecule has 0 saturated carbocycles. The quantitative estimate of drug-likeness (QED) is 0.0309. The van der Waals surface area contributed by atoms with E-state index in [1.54, 1.807) is 6.07 Å². The largest absolute Gasteiger partial charge is 0.747 e. The molecule has 798 valence electrons. The van der Waals surface area contributed by atoms with E-state index >= 15 is 0 Å². The van der Waals surface area contributed by atoms with Crippen LogP contribution in [0.15, 0.2) is 206 Å². The van der Waals surface area contributed by atoms with Gasteiger partial charge in [0.1, 0.15) is 74.7 Å². The summed E-state index contributed by atoms with van der Waals surface area (Å²) >= 11 is 17.3. The van der Waals surface area contributed by atoms with E-state index in [-0.39, 0.29) is 23.7 Å². The van der Waals surface area contributed by atoms with Gasteiger partial charge >= 0.3 is 41.8 Å². The van der Waals surface area contributed by atoms with Gasteiger partial charge in [0.2, 0.25) is 0 Å². The monoisotopic (exact) mass is 2200 g/mol. The molecule has 0 amide bonds. The zero-order valence-corrected chi connectivity index (χ0v) is 101. The highest BCUT2D eigenvalue weighted by Crippen LogP contribution is 2.59. The maximum atomic E-state index is 11.0. The van der Waals surface area contributed by atoms with E-state index in [1.165, 1.54) is 16.7 Å². The van der Waals surface area contributed by atoms with E-state index in [1.807, 2.05) is 212 Å². The molecule has 14 rings (SSSR count). The van der Waals surface area contributed by atoms with E-state index in [4.69, 9.17) is 88.4 Å². The molecular weight excluding hydrogens is 2050 g/mol. The van der Waals surface area contributed by atoms with Gasteiger partial charge in [-0.15, -0.1) is 4.89 Å². The number of rotatable bonds is 30.